The highest BCUT2D eigenvalue weighted by Crippen LogP contribution is 2.42. The van der Waals surface area contributed by atoms with Crippen LogP contribution in [0.25, 0.3) is 22.1 Å². The third-order valence-electron chi connectivity index (χ3n) is 7.99. The minimum atomic E-state index is -1.22. The third-order valence-corrected chi connectivity index (χ3v) is 8.28. The molecule has 4 atom stereocenters. The first-order valence-corrected chi connectivity index (χ1v) is 15.1. The molecule has 7 rings (SSSR count). The molecule has 1 saturated heterocycles. The van der Waals surface area contributed by atoms with Gasteiger partial charge >= 0.3 is 17.9 Å². The fraction of sp³-hybridized carbons (Fsp3) is 0.171. The minimum Gasteiger partial charge on any atom is -0.459 e. The number of ether oxygens (including phenoxy) is 4. The van der Waals surface area contributed by atoms with Crippen LogP contribution in [0.5, 0.6) is 0 Å². The molecule has 12 heteroatoms. The fourth-order valence-electron chi connectivity index (χ4n) is 5.79. The Labute approximate surface area is 273 Å². The maximum Gasteiger partial charge on any atom is 0.338 e. The maximum atomic E-state index is 13.6. The van der Waals surface area contributed by atoms with Crippen molar-refractivity contribution in [3.63, 3.8) is 0 Å². The van der Waals surface area contributed by atoms with Gasteiger partial charge in [0, 0.05) is 13.2 Å². The zero-order chi connectivity index (χ0) is 32.5. The Morgan fingerprint density at radius 2 is 1.32 bits per heavy atom. The molecular formula is C35H27ClN4O7. The monoisotopic (exact) mass is 650 g/mol. The molecule has 1 aliphatic rings. The number of hydrogen-bond acceptors (Lipinski definition) is 9. The topological polar surface area (TPSA) is 124 Å². The molecule has 47 heavy (non-hydrogen) atoms. The van der Waals surface area contributed by atoms with Crippen molar-refractivity contribution in [1.82, 2.24) is 19.1 Å². The van der Waals surface area contributed by atoms with E-state index in [1.54, 1.807) is 95.6 Å². The van der Waals surface area contributed by atoms with E-state index in [9.17, 15) is 14.4 Å². The summed E-state index contributed by atoms with van der Waals surface area (Å²) in [6.07, 6.45) is -1.41. The molecule has 3 aromatic carbocycles. The van der Waals surface area contributed by atoms with Crippen molar-refractivity contribution < 1.29 is 33.3 Å². The van der Waals surface area contributed by atoms with Crippen molar-refractivity contribution in [2.45, 2.75) is 24.5 Å². The molecule has 0 saturated carbocycles. The third kappa shape index (κ3) is 5.71. The summed E-state index contributed by atoms with van der Waals surface area (Å²) in [5.74, 6) is -1.94. The number of aryl methyl sites for hydroxylation is 1. The number of rotatable bonds is 8. The fourth-order valence-corrected chi connectivity index (χ4v) is 6.01. The molecule has 0 amide bonds. The van der Waals surface area contributed by atoms with Crippen LogP contribution in [0.3, 0.4) is 0 Å². The van der Waals surface area contributed by atoms with Crippen LogP contribution < -0.4 is 0 Å². The lowest BCUT2D eigenvalue weighted by atomic mass is 10.1. The van der Waals surface area contributed by atoms with Crippen molar-refractivity contribution >= 4 is 51.6 Å². The zero-order valence-electron chi connectivity index (χ0n) is 24.9. The van der Waals surface area contributed by atoms with Gasteiger partial charge in [0.05, 0.1) is 33.1 Å². The molecule has 1 fully saturated rings. The molecule has 0 unspecified atom stereocenters. The number of carbonyl (C=O) groups is 3. The first-order valence-electron chi connectivity index (χ1n) is 14.8. The molecule has 4 heterocycles. The van der Waals surface area contributed by atoms with Crippen LogP contribution in [0.2, 0.25) is 5.15 Å². The summed E-state index contributed by atoms with van der Waals surface area (Å²) in [5, 5.41) is 0.780. The summed E-state index contributed by atoms with van der Waals surface area (Å²) >= 11 is 6.59. The van der Waals surface area contributed by atoms with E-state index in [1.165, 1.54) is 6.33 Å². The number of esters is 3. The summed E-state index contributed by atoms with van der Waals surface area (Å²) in [4.78, 5) is 48.8. The molecule has 0 bridgehead atoms. The highest BCUT2D eigenvalue weighted by molar-refractivity contribution is 6.36. The van der Waals surface area contributed by atoms with Crippen LogP contribution in [0, 0.1) is 0 Å². The Morgan fingerprint density at radius 3 is 1.91 bits per heavy atom. The predicted molar refractivity (Wildman–Crippen MR) is 171 cm³/mol. The molecule has 1 aliphatic heterocycles. The Hall–Kier alpha value is -5.52. The molecule has 3 aromatic heterocycles. The largest absolute Gasteiger partial charge is 0.459 e. The summed E-state index contributed by atoms with van der Waals surface area (Å²) in [6.45, 7) is -0.316. The first-order chi connectivity index (χ1) is 22.9. The number of fused-ring (bicyclic) bond motifs is 3. The molecule has 0 spiro atoms. The average molecular weight is 651 g/mol. The van der Waals surface area contributed by atoms with Crippen molar-refractivity contribution in [2.75, 3.05) is 6.61 Å². The number of nitrogens with zero attached hydrogens (tertiary/aromatic N) is 4. The van der Waals surface area contributed by atoms with E-state index in [2.05, 4.69) is 9.97 Å². The van der Waals surface area contributed by atoms with Gasteiger partial charge in [-0.3, -0.25) is 4.57 Å². The van der Waals surface area contributed by atoms with Gasteiger partial charge in [0.25, 0.3) is 0 Å². The average Bonchev–Trinajstić information content (AvgIpc) is 3.75. The van der Waals surface area contributed by atoms with Crippen molar-refractivity contribution in [2.24, 2.45) is 7.05 Å². The summed E-state index contributed by atoms with van der Waals surface area (Å²) in [6, 6.07) is 27.2. The molecule has 236 valence electrons. The molecule has 0 radical (unpaired) electrons. The van der Waals surface area contributed by atoms with Gasteiger partial charge in [-0.2, -0.15) is 0 Å². The van der Waals surface area contributed by atoms with Crippen LogP contribution in [0.4, 0.5) is 0 Å². The predicted octanol–water partition coefficient (Wildman–Crippen LogP) is 5.78. The van der Waals surface area contributed by atoms with E-state index in [0.717, 1.165) is 5.52 Å². The molecule has 0 aliphatic carbocycles. The smallest absolute Gasteiger partial charge is 0.338 e. The molecule has 0 N–H and O–H groups in total. The van der Waals surface area contributed by atoms with Crippen molar-refractivity contribution in [3.8, 4) is 0 Å². The van der Waals surface area contributed by atoms with Gasteiger partial charge in [-0.15, -0.1) is 0 Å². The van der Waals surface area contributed by atoms with Gasteiger partial charge in [0.1, 0.15) is 29.8 Å². The van der Waals surface area contributed by atoms with E-state index < -0.39 is 42.4 Å². The highest BCUT2D eigenvalue weighted by Gasteiger charge is 2.52. The molecular weight excluding hydrogens is 624 g/mol. The van der Waals surface area contributed by atoms with Gasteiger partial charge in [-0.25, -0.2) is 24.4 Å². The zero-order valence-corrected chi connectivity index (χ0v) is 25.7. The van der Waals surface area contributed by atoms with Gasteiger partial charge in [-0.1, -0.05) is 66.2 Å². The van der Waals surface area contributed by atoms with E-state index in [4.69, 9.17) is 30.5 Å². The normalized spacial score (nSPS) is 19.1. The standard InChI is InChI=1S/C35H27ClN4O7/c1-39-18-17-24-27(39)26-30(36)37-20-38-31(26)40(24)32-29(47-35(43)23-15-9-4-10-16-23)28(46-34(42)22-13-7-3-8-14-22)25(45-32)19-44-33(41)21-11-5-2-6-12-21/h2-18,20,25,28-29,32H,19H2,1H3/t25-,28-,29-,32-/m1/s1. The van der Waals surface area contributed by atoms with Crippen LogP contribution in [0.15, 0.2) is 110 Å². The summed E-state index contributed by atoms with van der Waals surface area (Å²) in [7, 11) is 1.86. The summed E-state index contributed by atoms with van der Waals surface area (Å²) < 4.78 is 28.1. The lowest BCUT2D eigenvalue weighted by molar-refractivity contribution is -0.0588. The van der Waals surface area contributed by atoms with Crippen LogP contribution >= 0.6 is 11.6 Å². The van der Waals surface area contributed by atoms with Gasteiger partial charge in [0.15, 0.2) is 18.4 Å². The Morgan fingerprint density at radius 1 is 0.766 bits per heavy atom. The quantitative estimate of drug-likeness (QED) is 0.115. The second-order valence-electron chi connectivity index (χ2n) is 10.9. The minimum absolute atomic E-state index is 0.219. The first kappa shape index (κ1) is 30.2. The summed E-state index contributed by atoms with van der Waals surface area (Å²) in [5.41, 5.74) is 2.68. The van der Waals surface area contributed by atoms with Crippen molar-refractivity contribution in [1.29, 1.82) is 0 Å². The van der Waals surface area contributed by atoms with Crippen LogP contribution in [0.1, 0.15) is 37.3 Å². The van der Waals surface area contributed by atoms with E-state index in [0.29, 0.717) is 22.1 Å². The lowest BCUT2D eigenvalue weighted by Gasteiger charge is -2.25. The Kier molecular flexibility index (Phi) is 8.15. The van der Waals surface area contributed by atoms with Crippen LogP contribution in [-0.2, 0) is 26.0 Å². The van der Waals surface area contributed by atoms with Crippen LogP contribution in [-0.4, -0.2) is 61.9 Å². The number of carbonyl (C=O) groups excluding carboxylic acids is 3. The maximum absolute atomic E-state index is 13.6. The second-order valence-corrected chi connectivity index (χ2v) is 11.3. The van der Waals surface area contributed by atoms with Crippen molar-refractivity contribution in [3.05, 3.63) is 131 Å². The van der Waals surface area contributed by atoms with Gasteiger partial charge in [0.2, 0.25) is 0 Å². The Bertz CT molecular complexity index is 2080. The number of benzene rings is 3. The number of aromatic nitrogens is 4. The van der Waals surface area contributed by atoms with E-state index in [1.807, 2.05) is 23.9 Å². The Balaban J connectivity index is 1.33. The lowest BCUT2D eigenvalue weighted by Crippen LogP contribution is -2.41. The highest BCUT2D eigenvalue weighted by atomic mass is 35.5. The number of hydrogen-bond donors (Lipinski definition) is 0. The van der Waals surface area contributed by atoms with Gasteiger partial charge in [-0.05, 0) is 42.5 Å². The van der Waals surface area contributed by atoms with E-state index in [-0.39, 0.29) is 22.9 Å². The SMILES string of the molecule is Cn1ccc2c1c1c(Cl)ncnc1n2[C@@H]1O[C@H](COC(=O)c2ccccc2)[C@@H](OC(=O)c2ccccc2)[C@H]1OC(=O)c1ccccc1. The molecule has 6 aromatic rings. The van der Waals surface area contributed by atoms with E-state index >= 15 is 0 Å². The second kappa shape index (κ2) is 12.7. The van der Waals surface area contributed by atoms with Gasteiger partial charge < -0.3 is 23.5 Å². The number of halogens is 1. The molecule has 11 nitrogen and oxygen atoms in total.